The van der Waals surface area contributed by atoms with Crippen LogP contribution in [0, 0.1) is 5.92 Å². The van der Waals surface area contributed by atoms with Crippen LogP contribution >= 0.6 is 11.8 Å². The van der Waals surface area contributed by atoms with E-state index in [4.69, 9.17) is 0 Å². The summed E-state index contributed by atoms with van der Waals surface area (Å²) in [6.45, 7) is 2.18. The number of oxime groups is 1. The van der Waals surface area contributed by atoms with Crippen LogP contribution in [0.3, 0.4) is 0 Å². The Balaban J connectivity index is 2.48. The van der Waals surface area contributed by atoms with Crippen molar-refractivity contribution >= 4 is 17.5 Å². The van der Waals surface area contributed by atoms with Crippen LogP contribution in [-0.2, 0) is 4.84 Å². The average Bonchev–Trinajstić information content (AvgIpc) is 2.18. The minimum Gasteiger partial charge on any atom is -0.399 e. The molecule has 0 amide bonds. The van der Waals surface area contributed by atoms with E-state index in [-0.39, 0.29) is 0 Å². The maximum Gasteiger partial charge on any atom is 0.106 e. The van der Waals surface area contributed by atoms with E-state index in [1.54, 1.807) is 7.11 Å². The van der Waals surface area contributed by atoms with E-state index in [2.05, 4.69) is 16.9 Å². The smallest absolute Gasteiger partial charge is 0.106 e. The molecule has 1 aliphatic heterocycles. The van der Waals surface area contributed by atoms with E-state index in [1.165, 1.54) is 11.5 Å². The second-order valence-corrected chi connectivity index (χ2v) is 3.21. The predicted molar refractivity (Wildman–Crippen MR) is 40.9 cm³/mol. The average molecular weight is 145 g/mol. The molecule has 1 rings (SSSR count). The first-order valence-corrected chi connectivity index (χ1v) is 4.17. The van der Waals surface area contributed by atoms with Crippen molar-refractivity contribution in [3.63, 3.8) is 0 Å². The largest absolute Gasteiger partial charge is 0.399 e. The SMILES string of the molecule is CO/N=C1/CSCC1C. The van der Waals surface area contributed by atoms with E-state index in [0.29, 0.717) is 5.92 Å². The third-order valence-corrected chi connectivity index (χ3v) is 2.63. The highest BCUT2D eigenvalue weighted by Crippen LogP contribution is 2.20. The highest BCUT2D eigenvalue weighted by Gasteiger charge is 2.18. The van der Waals surface area contributed by atoms with Crippen molar-refractivity contribution in [1.82, 2.24) is 0 Å². The Kier molecular flexibility index (Phi) is 2.39. The van der Waals surface area contributed by atoms with Crippen molar-refractivity contribution in [1.29, 1.82) is 0 Å². The van der Waals surface area contributed by atoms with Gasteiger partial charge in [-0.25, -0.2) is 0 Å². The zero-order valence-corrected chi connectivity index (χ0v) is 6.57. The van der Waals surface area contributed by atoms with E-state index < -0.39 is 0 Å². The van der Waals surface area contributed by atoms with Gasteiger partial charge in [-0.05, 0) is 0 Å². The number of nitrogens with zero attached hydrogens (tertiary/aromatic N) is 1. The van der Waals surface area contributed by atoms with Crippen molar-refractivity contribution in [3.05, 3.63) is 0 Å². The number of thioether (sulfide) groups is 1. The summed E-state index contributed by atoms with van der Waals surface area (Å²) in [5.41, 5.74) is 1.20. The fraction of sp³-hybridized carbons (Fsp3) is 0.833. The molecule has 1 aliphatic rings. The fourth-order valence-electron chi connectivity index (χ4n) is 0.812. The third-order valence-electron chi connectivity index (χ3n) is 1.40. The van der Waals surface area contributed by atoms with Gasteiger partial charge in [0, 0.05) is 17.4 Å². The van der Waals surface area contributed by atoms with Crippen molar-refractivity contribution in [2.45, 2.75) is 6.92 Å². The first-order valence-electron chi connectivity index (χ1n) is 3.02. The Morgan fingerprint density at radius 2 is 2.56 bits per heavy atom. The maximum absolute atomic E-state index is 4.67. The Labute approximate surface area is 59.6 Å². The Bertz CT molecular complexity index is 124. The molecule has 1 heterocycles. The topological polar surface area (TPSA) is 21.6 Å². The zero-order chi connectivity index (χ0) is 6.69. The fourth-order valence-corrected chi connectivity index (χ4v) is 2.02. The summed E-state index contributed by atoms with van der Waals surface area (Å²) >= 11 is 1.92. The molecule has 0 aromatic heterocycles. The summed E-state index contributed by atoms with van der Waals surface area (Å²) in [7, 11) is 1.60. The van der Waals surface area contributed by atoms with Crippen molar-refractivity contribution in [2.75, 3.05) is 18.6 Å². The molecule has 1 unspecified atom stereocenters. The van der Waals surface area contributed by atoms with Crippen molar-refractivity contribution in [2.24, 2.45) is 11.1 Å². The maximum atomic E-state index is 4.67. The molecular formula is C6H11NOS. The Morgan fingerprint density at radius 1 is 1.78 bits per heavy atom. The van der Waals surface area contributed by atoms with Gasteiger partial charge in [0.15, 0.2) is 0 Å². The monoisotopic (exact) mass is 145 g/mol. The highest BCUT2D eigenvalue weighted by atomic mass is 32.2. The van der Waals surface area contributed by atoms with Gasteiger partial charge >= 0.3 is 0 Å². The normalized spacial score (nSPS) is 31.3. The minimum atomic E-state index is 0.620. The molecular weight excluding hydrogens is 134 g/mol. The van der Waals surface area contributed by atoms with Crippen LogP contribution < -0.4 is 0 Å². The van der Waals surface area contributed by atoms with Gasteiger partial charge in [-0.15, -0.1) is 0 Å². The summed E-state index contributed by atoms with van der Waals surface area (Å²) in [6.07, 6.45) is 0. The van der Waals surface area contributed by atoms with Gasteiger partial charge in [-0.3, -0.25) is 0 Å². The van der Waals surface area contributed by atoms with Crippen molar-refractivity contribution < 1.29 is 4.84 Å². The Hall–Kier alpha value is -0.180. The molecule has 0 bridgehead atoms. The lowest BCUT2D eigenvalue weighted by atomic mass is 10.1. The van der Waals surface area contributed by atoms with Gasteiger partial charge in [-0.2, -0.15) is 11.8 Å². The van der Waals surface area contributed by atoms with Gasteiger partial charge < -0.3 is 4.84 Å². The lowest BCUT2D eigenvalue weighted by Crippen LogP contribution is -2.06. The van der Waals surface area contributed by atoms with Crippen LogP contribution in [0.15, 0.2) is 5.16 Å². The van der Waals surface area contributed by atoms with E-state index in [9.17, 15) is 0 Å². The molecule has 0 aliphatic carbocycles. The second-order valence-electron chi connectivity index (χ2n) is 2.18. The molecule has 9 heavy (non-hydrogen) atoms. The molecule has 52 valence electrons. The molecule has 0 aromatic carbocycles. The lowest BCUT2D eigenvalue weighted by molar-refractivity contribution is 0.211. The standard InChI is InChI=1S/C6H11NOS/c1-5-3-9-4-6(5)7-8-2/h5H,3-4H2,1-2H3/b7-6-. The summed E-state index contributed by atoms with van der Waals surface area (Å²) in [4.78, 5) is 4.67. The molecule has 0 radical (unpaired) electrons. The Morgan fingerprint density at radius 3 is 3.00 bits per heavy atom. The van der Waals surface area contributed by atoms with Crippen molar-refractivity contribution in [3.8, 4) is 0 Å². The molecule has 3 heteroatoms. The summed E-state index contributed by atoms with van der Waals surface area (Å²) in [5.74, 6) is 2.87. The van der Waals surface area contributed by atoms with Crippen LogP contribution in [-0.4, -0.2) is 24.3 Å². The zero-order valence-electron chi connectivity index (χ0n) is 5.76. The summed E-state index contributed by atoms with van der Waals surface area (Å²) in [5, 5.41) is 3.90. The molecule has 0 saturated carbocycles. The van der Waals surface area contributed by atoms with Gasteiger partial charge in [-0.1, -0.05) is 12.1 Å². The number of hydrogen-bond donors (Lipinski definition) is 0. The summed E-state index contributed by atoms with van der Waals surface area (Å²) < 4.78 is 0. The van der Waals surface area contributed by atoms with Crippen LogP contribution in [0.4, 0.5) is 0 Å². The lowest BCUT2D eigenvalue weighted by Gasteiger charge is -1.98. The first-order chi connectivity index (χ1) is 4.34. The predicted octanol–water partition coefficient (Wildman–Crippen LogP) is 1.37. The van der Waals surface area contributed by atoms with Crippen LogP contribution in [0.5, 0.6) is 0 Å². The van der Waals surface area contributed by atoms with E-state index in [1.807, 2.05) is 11.8 Å². The quantitative estimate of drug-likeness (QED) is 0.520. The van der Waals surface area contributed by atoms with Crippen LogP contribution in [0.25, 0.3) is 0 Å². The molecule has 0 spiro atoms. The molecule has 0 aromatic rings. The molecule has 0 N–H and O–H groups in total. The van der Waals surface area contributed by atoms with Gasteiger partial charge in [0.05, 0.1) is 5.71 Å². The number of rotatable bonds is 1. The molecule has 1 fully saturated rings. The molecule has 1 saturated heterocycles. The summed E-state index contributed by atoms with van der Waals surface area (Å²) in [6, 6.07) is 0. The van der Waals surface area contributed by atoms with E-state index >= 15 is 0 Å². The second kappa shape index (κ2) is 3.11. The third kappa shape index (κ3) is 1.61. The van der Waals surface area contributed by atoms with Gasteiger partial charge in [0.25, 0.3) is 0 Å². The van der Waals surface area contributed by atoms with Gasteiger partial charge in [0.2, 0.25) is 0 Å². The van der Waals surface area contributed by atoms with E-state index in [0.717, 1.165) is 5.75 Å². The van der Waals surface area contributed by atoms with Gasteiger partial charge in [0.1, 0.15) is 7.11 Å². The first kappa shape index (κ1) is 6.93. The number of hydrogen-bond acceptors (Lipinski definition) is 3. The minimum absolute atomic E-state index is 0.620. The highest BCUT2D eigenvalue weighted by molar-refractivity contribution is 8.00. The molecule has 2 nitrogen and oxygen atoms in total. The van der Waals surface area contributed by atoms with Crippen LogP contribution in [0.1, 0.15) is 6.92 Å². The van der Waals surface area contributed by atoms with Crippen LogP contribution in [0.2, 0.25) is 0 Å². The molecule has 1 atom stereocenters.